The zero-order chi connectivity index (χ0) is 20.5. The predicted molar refractivity (Wildman–Crippen MR) is 107 cm³/mol. The topological polar surface area (TPSA) is 58.6 Å². The molecule has 7 heteroatoms. The summed E-state index contributed by atoms with van der Waals surface area (Å²) in [6.45, 7) is 4.15. The molecule has 1 unspecified atom stereocenters. The Morgan fingerprint density at radius 1 is 1.11 bits per heavy atom. The number of carbonyl (C=O) groups excluding carboxylic acids is 2. The van der Waals surface area contributed by atoms with Crippen molar-refractivity contribution in [1.29, 1.82) is 0 Å². The smallest absolute Gasteiger partial charge is 0.261 e. The van der Waals surface area contributed by atoms with E-state index in [1.165, 1.54) is 29.2 Å². The highest BCUT2D eigenvalue weighted by Gasteiger charge is 2.28. The van der Waals surface area contributed by atoms with Crippen molar-refractivity contribution in [3.63, 3.8) is 0 Å². The Morgan fingerprint density at radius 2 is 1.75 bits per heavy atom. The van der Waals surface area contributed by atoms with Crippen molar-refractivity contribution in [2.45, 2.75) is 32.9 Å². The van der Waals surface area contributed by atoms with Crippen LogP contribution in [-0.4, -0.2) is 35.9 Å². The second-order valence-electron chi connectivity index (χ2n) is 6.21. The van der Waals surface area contributed by atoms with Crippen LogP contribution in [0.25, 0.3) is 0 Å². The SMILES string of the molecule is CCNC(=O)C(CC)N(Cc1ccc(Cl)cc1)C(=O)COc1ccc(F)cc1. The maximum absolute atomic E-state index is 13.0. The van der Waals surface area contributed by atoms with Gasteiger partial charge in [-0.05, 0) is 55.3 Å². The lowest BCUT2D eigenvalue weighted by atomic mass is 10.1. The molecular formula is C21H24ClFN2O3. The molecule has 0 heterocycles. The van der Waals surface area contributed by atoms with E-state index in [1.54, 1.807) is 12.1 Å². The summed E-state index contributed by atoms with van der Waals surface area (Å²) in [5, 5.41) is 3.36. The van der Waals surface area contributed by atoms with E-state index < -0.39 is 6.04 Å². The van der Waals surface area contributed by atoms with Gasteiger partial charge >= 0.3 is 0 Å². The largest absolute Gasteiger partial charge is 0.484 e. The molecule has 0 saturated carbocycles. The van der Waals surface area contributed by atoms with Gasteiger partial charge in [0.15, 0.2) is 6.61 Å². The molecule has 28 heavy (non-hydrogen) atoms. The molecule has 0 aliphatic rings. The molecular weight excluding hydrogens is 383 g/mol. The molecule has 1 N–H and O–H groups in total. The van der Waals surface area contributed by atoms with Crippen molar-refractivity contribution < 1.29 is 18.7 Å². The summed E-state index contributed by atoms with van der Waals surface area (Å²) in [7, 11) is 0. The lowest BCUT2D eigenvalue weighted by molar-refractivity contribution is -0.142. The first-order valence-corrected chi connectivity index (χ1v) is 9.52. The molecule has 2 aromatic rings. The first kappa shape index (κ1) is 21.7. The van der Waals surface area contributed by atoms with Crippen LogP contribution in [0.15, 0.2) is 48.5 Å². The van der Waals surface area contributed by atoms with Gasteiger partial charge in [0.25, 0.3) is 5.91 Å². The third-order valence-electron chi connectivity index (χ3n) is 4.18. The lowest BCUT2D eigenvalue weighted by Gasteiger charge is -2.30. The maximum Gasteiger partial charge on any atom is 0.261 e. The normalized spacial score (nSPS) is 11.6. The Kier molecular flexibility index (Phi) is 8.26. The minimum absolute atomic E-state index is 0.214. The van der Waals surface area contributed by atoms with Crippen LogP contribution in [-0.2, 0) is 16.1 Å². The van der Waals surface area contributed by atoms with Crippen LogP contribution in [0.2, 0.25) is 5.02 Å². The second-order valence-corrected chi connectivity index (χ2v) is 6.65. The number of amides is 2. The highest BCUT2D eigenvalue weighted by Crippen LogP contribution is 2.16. The molecule has 2 aromatic carbocycles. The minimum Gasteiger partial charge on any atom is -0.484 e. The third kappa shape index (κ3) is 6.23. The van der Waals surface area contributed by atoms with Crippen LogP contribution in [0, 0.1) is 5.82 Å². The second kappa shape index (κ2) is 10.7. The summed E-state index contributed by atoms with van der Waals surface area (Å²) in [4.78, 5) is 26.9. The average Bonchev–Trinajstić information content (AvgIpc) is 2.69. The average molecular weight is 407 g/mol. The molecule has 150 valence electrons. The van der Waals surface area contributed by atoms with Gasteiger partial charge in [-0.2, -0.15) is 0 Å². The number of nitrogens with zero attached hydrogens (tertiary/aromatic N) is 1. The van der Waals surface area contributed by atoms with Crippen molar-refractivity contribution in [1.82, 2.24) is 10.2 Å². The highest BCUT2D eigenvalue weighted by molar-refractivity contribution is 6.30. The first-order valence-electron chi connectivity index (χ1n) is 9.14. The van der Waals surface area contributed by atoms with E-state index in [9.17, 15) is 14.0 Å². The van der Waals surface area contributed by atoms with Crippen molar-refractivity contribution >= 4 is 23.4 Å². The predicted octanol–water partition coefficient (Wildman–Crippen LogP) is 3.80. The summed E-state index contributed by atoms with van der Waals surface area (Å²) in [6, 6.07) is 11.9. The van der Waals surface area contributed by atoms with Gasteiger partial charge in [0.05, 0.1) is 0 Å². The van der Waals surface area contributed by atoms with Gasteiger partial charge in [-0.3, -0.25) is 9.59 Å². The van der Waals surface area contributed by atoms with Crippen molar-refractivity contribution in [3.8, 4) is 5.75 Å². The number of nitrogens with one attached hydrogen (secondary N) is 1. The molecule has 0 aliphatic carbocycles. The third-order valence-corrected chi connectivity index (χ3v) is 4.43. The fourth-order valence-electron chi connectivity index (χ4n) is 2.76. The number of likely N-dealkylation sites (N-methyl/N-ethyl adjacent to an activating group) is 1. The molecule has 2 rings (SSSR count). The van der Waals surface area contributed by atoms with Crippen molar-refractivity contribution in [2.24, 2.45) is 0 Å². The van der Waals surface area contributed by atoms with Crippen LogP contribution >= 0.6 is 11.6 Å². The van der Waals surface area contributed by atoms with Gasteiger partial charge in [-0.15, -0.1) is 0 Å². The number of benzene rings is 2. The van der Waals surface area contributed by atoms with Gasteiger partial charge in [-0.1, -0.05) is 30.7 Å². The van der Waals surface area contributed by atoms with E-state index in [1.807, 2.05) is 26.0 Å². The van der Waals surface area contributed by atoms with Crippen molar-refractivity contribution in [2.75, 3.05) is 13.2 Å². The van der Waals surface area contributed by atoms with Crippen molar-refractivity contribution in [3.05, 3.63) is 64.9 Å². The Morgan fingerprint density at radius 3 is 2.32 bits per heavy atom. The summed E-state index contributed by atoms with van der Waals surface area (Å²) in [5.74, 6) is -0.552. The van der Waals surface area contributed by atoms with E-state index in [2.05, 4.69) is 5.32 Å². The summed E-state index contributed by atoms with van der Waals surface area (Å²) < 4.78 is 18.5. The number of hydrogen-bond donors (Lipinski definition) is 1. The Labute approximate surface area is 169 Å². The summed E-state index contributed by atoms with van der Waals surface area (Å²) in [5.41, 5.74) is 0.849. The number of halogens is 2. The fourth-order valence-corrected chi connectivity index (χ4v) is 2.88. The number of hydrogen-bond acceptors (Lipinski definition) is 3. The monoisotopic (exact) mass is 406 g/mol. The fraction of sp³-hybridized carbons (Fsp3) is 0.333. The van der Waals surface area contributed by atoms with Gasteiger partial charge in [0.1, 0.15) is 17.6 Å². The van der Waals surface area contributed by atoms with Crippen LogP contribution < -0.4 is 10.1 Å². The van der Waals surface area contributed by atoms with E-state index in [0.29, 0.717) is 23.7 Å². The Hall–Kier alpha value is -2.60. The summed E-state index contributed by atoms with van der Waals surface area (Å²) in [6.07, 6.45) is 0.460. The van der Waals surface area contributed by atoms with Crippen LogP contribution in [0.1, 0.15) is 25.8 Å². The highest BCUT2D eigenvalue weighted by atomic mass is 35.5. The lowest BCUT2D eigenvalue weighted by Crippen LogP contribution is -2.50. The standard InChI is InChI=1S/C21H24ClFN2O3/c1-3-19(21(27)24-4-2)25(13-15-5-7-16(22)8-6-15)20(26)14-28-18-11-9-17(23)10-12-18/h5-12,19H,3-4,13-14H2,1-2H3,(H,24,27). The quantitative estimate of drug-likeness (QED) is 0.689. The minimum atomic E-state index is -0.625. The van der Waals surface area contributed by atoms with Gasteiger partial charge in [0.2, 0.25) is 5.91 Å². The molecule has 5 nitrogen and oxygen atoms in total. The number of carbonyl (C=O) groups is 2. The molecule has 0 aliphatic heterocycles. The number of ether oxygens (including phenoxy) is 1. The molecule has 0 fully saturated rings. The van der Waals surface area contributed by atoms with Gasteiger partial charge < -0.3 is 15.0 Å². The van der Waals surface area contributed by atoms with E-state index >= 15 is 0 Å². The molecule has 1 atom stereocenters. The molecule has 0 radical (unpaired) electrons. The van der Waals surface area contributed by atoms with Gasteiger partial charge in [-0.25, -0.2) is 4.39 Å². The van der Waals surface area contributed by atoms with E-state index in [4.69, 9.17) is 16.3 Å². The zero-order valence-corrected chi connectivity index (χ0v) is 16.7. The molecule has 0 bridgehead atoms. The summed E-state index contributed by atoms with van der Waals surface area (Å²) >= 11 is 5.93. The molecule has 0 spiro atoms. The zero-order valence-electron chi connectivity index (χ0n) is 16.0. The molecule has 0 saturated heterocycles. The maximum atomic E-state index is 13.0. The first-order chi connectivity index (χ1) is 13.4. The van der Waals surface area contributed by atoms with Gasteiger partial charge in [0, 0.05) is 18.1 Å². The Bertz CT molecular complexity index is 781. The van der Waals surface area contributed by atoms with E-state index in [0.717, 1.165) is 5.56 Å². The van der Waals surface area contributed by atoms with Crippen LogP contribution in [0.5, 0.6) is 5.75 Å². The van der Waals surface area contributed by atoms with Crippen LogP contribution in [0.3, 0.4) is 0 Å². The van der Waals surface area contributed by atoms with Crippen LogP contribution in [0.4, 0.5) is 4.39 Å². The van der Waals surface area contributed by atoms with E-state index in [-0.39, 0.29) is 30.8 Å². The molecule has 0 aromatic heterocycles. The Balaban J connectivity index is 2.16. The number of rotatable bonds is 9. The molecule has 2 amide bonds.